The Bertz CT molecular complexity index is 784. The first-order valence-corrected chi connectivity index (χ1v) is 9.33. The van der Waals surface area contributed by atoms with E-state index in [1.54, 1.807) is 22.1 Å². The number of aromatic nitrogens is 3. The minimum absolute atomic E-state index is 0.0233. The van der Waals surface area contributed by atoms with E-state index in [1.807, 2.05) is 29.2 Å². The molecule has 2 fully saturated rings. The summed E-state index contributed by atoms with van der Waals surface area (Å²) in [6, 6.07) is 7.37. The second kappa shape index (κ2) is 7.87. The number of carbonyl (C=O) groups excluding carboxylic acids is 2. The van der Waals surface area contributed by atoms with Crippen molar-refractivity contribution in [2.45, 2.75) is 12.8 Å². The molecule has 1 aromatic carbocycles. The van der Waals surface area contributed by atoms with Gasteiger partial charge >= 0.3 is 0 Å². The van der Waals surface area contributed by atoms with Crippen LogP contribution in [-0.2, 0) is 9.53 Å². The lowest BCUT2D eigenvalue weighted by molar-refractivity contribution is -0.141. The third-order valence-corrected chi connectivity index (χ3v) is 5.21. The Labute approximate surface area is 157 Å². The van der Waals surface area contributed by atoms with Crippen molar-refractivity contribution in [1.82, 2.24) is 24.6 Å². The van der Waals surface area contributed by atoms with Crippen LogP contribution in [0.2, 0.25) is 0 Å². The molecule has 0 bridgehead atoms. The quantitative estimate of drug-likeness (QED) is 0.806. The Balaban J connectivity index is 1.41. The van der Waals surface area contributed by atoms with Crippen LogP contribution >= 0.6 is 0 Å². The maximum atomic E-state index is 12.9. The smallest absolute Gasteiger partial charge is 0.253 e. The van der Waals surface area contributed by atoms with Crippen LogP contribution in [0.5, 0.6) is 0 Å². The molecule has 0 N–H and O–H groups in total. The van der Waals surface area contributed by atoms with E-state index in [9.17, 15) is 9.59 Å². The lowest BCUT2D eigenvalue weighted by Gasteiger charge is -2.36. The van der Waals surface area contributed by atoms with Crippen molar-refractivity contribution in [1.29, 1.82) is 0 Å². The number of rotatable bonds is 3. The molecule has 0 saturated carbocycles. The van der Waals surface area contributed by atoms with E-state index in [-0.39, 0.29) is 17.7 Å². The molecule has 4 rings (SSSR count). The van der Waals surface area contributed by atoms with Crippen LogP contribution in [0.4, 0.5) is 0 Å². The van der Waals surface area contributed by atoms with E-state index in [1.165, 1.54) is 0 Å². The molecule has 8 nitrogen and oxygen atoms in total. The van der Waals surface area contributed by atoms with Crippen molar-refractivity contribution in [3.05, 3.63) is 42.5 Å². The normalized spacial score (nSPS) is 20.5. The Morgan fingerprint density at radius 3 is 2.37 bits per heavy atom. The third kappa shape index (κ3) is 3.85. The summed E-state index contributed by atoms with van der Waals surface area (Å²) in [5.41, 5.74) is 1.53. The molecule has 3 heterocycles. The molecule has 0 radical (unpaired) electrons. The summed E-state index contributed by atoms with van der Waals surface area (Å²) in [6.45, 7) is 3.67. The Morgan fingerprint density at radius 1 is 0.963 bits per heavy atom. The van der Waals surface area contributed by atoms with Crippen LogP contribution in [0.15, 0.2) is 36.9 Å². The molecule has 1 atom stereocenters. The second-order valence-corrected chi connectivity index (χ2v) is 6.94. The zero-order valence-electron chi connectivity index (χ0n) is 15.2. The van der Waals surface area contributed by atoms with Gasteiger partial charge in [-0.3, -0.25) is 14.2 Å². The van der Waals surface area contributed by atoms with Crippen molar-refractivity contribution < 1.29 is 14.3 Å². The number of nitrogens with zero attached hydrogens (tertiary/aromatic N) is 5. The van der Waals surface area contributed by atoms with Gasteiger partial charge in [0.05, 0.1) is 19.1 Å². The molecule has 2 aliphatic rings. The van der Waals surface area contributed by atoms with Gasteiger partial charge in [-0.05, 0) is 37.1 Å². The van der Waals surface area contributed by atoms with Crippen LogP contribution in [0.25, 0.3) is 5.69 Å². The first-order chi connectivity index (χ1) is 13.2. The number of piperidine rings is 1. The van der Waals surface area contributed by atoms with Crippen molar-refractivity contribution in [3.63, 3.8) is 0 Å². The summed E-state index contributed by atoms with van der Waals surface area (Å²) in [6.07, 6.45) is 4.92. The number of hydrogen-bond donors (Lipinski definition) is 0. The van der Waals surface area contributed by atoms with E-state index in [2.05, 4.69) is 10.2 Å². The maximum Gasteiger partial charge on any atom is 0.253 e. The minimum atomic E-state index is -0.114. The van der Waals surface area contributed by atoms with Crippen LogP contribution in [0.1, 0.15) is 23.2 Å². The highest BCUT2D eigenvalue weighted by molar-refractivity contribution is 5.95. The fourth-order valence-electron chi connectivity index (χ4n) is 3.70. The maximum absolute atomic E-state index is 12.9. The zero-order valence-corrected chi connectivity index (χ0v) is 15.2. The highest BCUT2D eigenvalue weighted by atomic mass is 16.5. The predicted octanol–water partition coefficient (Wildman–Crippen LogP) is 0.978. The summed E-state index contributed by atoms with van der Waals surface area (Å²) in [7, 11) is 0. The van der Waals surface area contributed by atoms with Gasteiger partial charge in [0, 0.05) is 37.4 Å². The average Bonchev–Trinajstić information content (AvgIpc) is 3.28. The summed E-state index contributed by atoms with van der Waals surface area (Å²) in [4.78, 5) is 29.3. The van der Waals surface area contributed by atoms with E-state index in [0.29, 0.717) is 45.0 Å². The molecule has 2 amide bonds. The van der Waals surface area contributed by atoms with Gasteiger partial charge in [0.1, 0.15) is 12.7 Å². The van der Waals surface area contributed by atoms with Crippen LogP contribution in [0, 0.1) is 5.92 Å². The molecule has 2 aromatic rings. The highest BCUT2D eigenvalue weighted by Crippen LogP contribution is 2.21. The van der Waals surface area contributed by atoms with Crippen LogP contribution in [-0.4, -0.2) is 75.8 Å². The van der Waals surface area contributed by atoms with Gasteiger partial charge in [-0.15, -0.1) is 10.2 Å². The highest BCUT2D eigenvalue weighted by Gasteiger charge is 2.32. The Morgan fingerprint density at radius 2 is 1.67 bits per heavy atom. The van der Waals surface area contributed by atoms with Crippen LogP contribution < -0.4 is 0 Å². The number of amides is 2. The molecule has 142 valence electrons. The number of likely N-dealkylation sites (tertiary alicyclic amines) is 1. The lowest BCUT2D eigenvalue weighted by atomic mass is 9.95. The summed E-state index contributed by atoms with van der Waals surface area (Å²) in [5.74, 6) is 0.0145. The first kappa shape index (κ1) is 17.7. The average molecular weight is 369 g/mol. The Hall–Kier alpha value is -2.74. The zero-order chi connectivity index (χ0) is 18.6. The number of ether oxygens (including phenoxy) is 1. The molecular weight excluding hydrogens is 346 g/mol. The molecule has 2 aliphatic heterocycles. The Kier molecular flexibility index (Phi) is 5.15. The molecule has 2 saturated heterocycles. The standard InChI is InChI=1S/C19H23N5O3/c25-18(15-3-5-17(6-4-15)24-13-20-21-14-24)23-7-1-2-16(12-23)19(26)22-8-10-27-11-9-22/h3-6,13-14,16H,1-2,7-12H2/t16-/m0/s1. The van der Waals surface area contributed by atoms with E-state index in [4.69, 9.17) is 4.74 Å². The number of morpholine rings is 1. The number of benzene rings is 1. The van der Waals surface area contributed by atoms with Crippen molar-refractivity contribution in [3.8, 4) is 5.69 Å². The molecule has 27 heavy (non-hydrogen) atoms. The third-order valence-electron chi connectivity index (χ3n) is 5.21. The van der Waals surface area contributed by atoms with E-state index in [0.717, 1.165) is 18.5 Å². The van der Waals surface area contributed by atoms with Crippen molar-refractivity contribution in [2.75, 3.05) is 39.4 Å². The van der Waals surface area contributed by atoms with Gasteiger partial charge in [-0.1, -0.05) is 0 Å². The summed E-state index contributed by atoms with van der Waals surface area (Å²) in [5, 5.41) is 7.57. The van der Waals surface area contributed by atoms with Crippen molar-refractivity contribution in [2.24, 2.45) is 5.92 Å². The predicted molar refractivity (Wildman–Crippen MR) is 97.4 cm³/mol. The van der Waals surface area contributed by atoms with Gasteiger partial charge in [-0.25, -0.2) is 0 Å². The minimum Gasteiger partial charge on any atom is -0.378 e. The van der Waals surface area contributed by atoms with Gasteiger partial charge in [0.15, 0.2) is 0 Å². The number of hydrogen-bond acceptors (Lipinski definition) is 5. The largest absolute Gasteiger partial charge is 0.378 e. The number of carbonyl (C=O) groups is 2. The molecule has 0 unspecified atom stereocenters. The van der Waals surface area contributed by atoms with Gasteiger partial charge in [0.2, 0.25) is 5.91 Å². The monoisotopic (exact) mass is 369 g/mol. The van der Waals surface area contributed by atoms with Crippen LogP contribution in [0.3, 0.4) is 0 Å². The van der Waals surface area contributed by atoms with Crippen molar-refractivity contribution >= 4 is 11.8 Å². The molecular formula is C19H23N5O3. The van der Waals surface area contributed by atoms with Gasteiger partial charge in [0.25, 0.3) is 5.91 Å². The van der Waals surface area contributed by atoms with Gasteiger partial charge in [-0.2, -0.15) is 0 Å². The molecule has 8 heteroatoms. The fraction of sp³-hybridized carbons (Fsp3) is 0.474. The van der Waals surface area contributed by atoms with Gasteiger partial charge < -0.3 is 14.5 Å². The first-order valence-electron chi connectivity index (χ1n) is 9.33. The summed E-state index contributed by atoms with van der Waals surface area (Å²) >= 11 is 0. The molecule has 0 spiro atoms. The fourth-order valence-corrected chi connectivity index (χ4v) is 3.70. The van der Waals surface area contributed by atoms with E-state index < -0.39 is 0 Å². The topological polar surface area (TPSA) is 80.6 Å². The lowest BCUT2D eigenvalue weighted by Crippen LogP contribution is -2.49. The molecule has 0 aliphatic carbocycles. The summed E-state index contributed by atoms with van der Waals surface area (Å²) < 4.78 is 7.11. The SMILES string of the molecule is O=C(c1ccc(-n2cnnc2)cc1)N1CCC[C@H](C(=O)N2CCOCC2)C1. The van der Waals surface area contributed by atoms with E-state index >= 15 is 0 Å². The molecule has 1 aromatic heterocycles. The second-order valence-electron chi connectivity index (χ2n) is 6.94.